The summed E-state index contributed by atoms with van der Waals surface area (Å²) >= 11 is 0. The van der Waals surface area contributed by atoms with Crippen LogP contribution in [-0.4, -0.2) is 344 Å². The summed E-state index contributed by atoms with van der Waals surface area (Å²) in [5.74, 6) is 2.93. The summed E-state index contributed by atoms with van der Waals surface area (Å²) in [6.07, 6.45) is 9.84. The molecule has 0 saturated carbocycles. The van der Waals surface area contributed by atoms with Crippen molar-refractivity contribution in [3.8, 4) is 36.1 Å². The number of nitrogens with two attached hydrogens (primary N) is 8. The first kappa shape index (κ1) is 107. The van der Waals surface area contributed by atoms with Crippen LogP contribution in [0.3, 0.4) is 0 Å². The van der Waals surface area contributed by atoms with Crippen molar-refractivity contribution in [2.45, 2.75) is 33.7 Å². The second kappa shape index (κ2) is 67.0. The quantitative estimate of drug-likeness (QED) is 0.0162. The number of urea groups is 4. The summed E-state index contributed by atoms with van der Waals surface area (Å²) in [6.45, 7) is 4.36. The molecule has 9 aromatic heterocycles. The molecule has 69 heteroatoms. The van der Waals surface area contributed by atoms with Crippen molar-refractivity contribution in [3.63, 3.8) is 0 Å². The Bertz CT molecular complexity index is 4010. The number of aryl methyl sites for hydroxylation is 1. The summed E-state index contributed by atoms with van der Waals surface area (Å²) in [5, 5.41) is 103. The predicted molar refractivity (Wildman–Crippen MR) is 428 cm³/mol. The van der Waals surface area contributed by atoms with Gasteiger partial charge in [-0.1, -0.05) is 0 Å². The van der Waals surface area contributed by atoms with E-state index in [0.29, 0.717) is 93.9 Å². The molecule has 0 atom stereocenters. The molecule has 125 heavy (non-hydrogen) atoms. The monoisotopic (exact) mass is 1770 g/mol. The Morgan fingerprint density at radius 1 is 0.328 bits per heavy atom. The molecular formula is C56H95N49O20. The van der Waals surface area contributed by atoms with Crippen LogP contribution in [0.15, 0.2) is 50.6 Å². The smallest absolute Gasteiger partial charge is 0.326 e. The molecule has 0 aliphatic heterocycles. The number of rotatable bonds is 36. The average Bonchev–Trinajstić information content (AvgIpc) is 1.10. The van der Waals surface area contributed by atoms with Crippen molar-refractivity contribution in [2.75, 3.05) is 184 Å². The molecule has 0 saturated heterocycles. The molecule has 0 radical (unpaired) electrons. The molecule has 38 N–H and O–H groups in total. The highest BCUT2D eigenvalue weighted by atomic mass is 16.8. The minimum Gasteiger partial charge on any atom is -0.461 e. The summed E-state index contributed by atoms with van der Waals surface area (Å²) in [4.78, 5) is 165. The Balaban J connectivity index is 0.000000704. The number of nitrogens with one attached hydrogen (secondary N) is 14. The minimum absolute atomic E-state index is 0.0586. The number of aromatic nitrogens is 27. The maximum atomic E-state index is 11.1. The molecule has 684 valence electrons. The third-order valence-electron chi connectivity index (χ3n) is 10.8. The first-order valence-corrected chi connectivity index (χ1v) is 34.6. The minimum atomic E-state index is -2.08. The lowest BCUT2D eigenvalue weighted by Crippen LogP contribution is -2.28. The van der Waals surface area contributed by atoms with Gasteiger partial charge in [-0.15, -0.1) is 15.0 Å². The van der Waals surface area contributed by atoms with Crippen molar-refractivity contribution < 1.29 is 98.0 Å². The predicted octanol–water partition coefficient (Wildman–Crippen LogP) is -11.6. The van der Waals surface area contributed by atoms with Crippen LogP contribution in [-0.2, 0) is 9.59 Å². The van der Waals surface area contributed by atoms with Crippen LogP contribution in [0.25, 0.3) is 0 Å². The van der Waals surface area contributed by atoms with E-state index >= 15 is 0 Å². The Kier molecular flexibility index (Phi) is 57.4. The van der Waals surface area contributed by atoms with Crippen LogP contribution in [0, 0.1) is 6.92 Å². The number of aliphatic hydroxyl groups excluding tert-OH is 6. The van der Waals surface area contributed by atoms with Gasteiger partial charge in [0.2, 0.25) is 83.2 Å². The zero-order valence-corrected chi connectivity index (χ0v) is 66.8. The van der Waals surface area contributed by atoms with Crippen LogP contribution in [0.4, 0.5) is 90.6 Å². The normalized spacial score (nSPS) is 9.67. The van der Waals surface area contributed by atoms with Gasteiger partial charge in [0.05, 0.1) is 26.6 Å². The van der Waals surface area contributed by atoms with Gasteiger partial charge in [-0.25, -0.2) is 69.0 Å². The van der Waals surface area contributed by atoms with Gasteiger partial charge in [0.25, 0.3) is 0 Å². The fraction of sp³-hybridized carbons (Fsp3) is 0.411. The molecular weight excluding hydrogens is 1680 g/mol. The van der Waals surface area contributed by atoms with Gasteiger partial charge in [-0.05, 0) is 6.92 Å². The van der Waals surface area contributed by atoms with Crippen molar-refractivity contribution >= 4 is 107 Å². The standard InChI is InChI=1S/C8H13N7O2.2C7H15N7.C7H9N5O2.C7H11N3O4.C5H7N7O2.C5H11N7.C5H7N3O6.C5H7N3O4/c1-4-11-5(14-7(16)9-2)13-6(12-4)15-8(17)10-3;2*8-1-3-10-6-12-5-13-7(14-6)11-4-2-9;1-4(13)10-6-8-3-9-7(12-6)11-5(2)14;11-1-3-13-6-8-5-9-7(10-6)14-4-2-12;6-2(13)10-4-8-1-9-5(12-4)11-3(7)14;6-1-8-4-10-3-11-5(12-4)9-2-7;9-4(10)13-2-6-1-7-3(8-2)14-5(11)12;9-2-11-4-6-1-7-5(8-4)12-3-10/h1-3H3,(H4,9,10,11,12,13,14,15,16,17);2*5H,1-4,8-9H2,(H2,10,11,12,13,14);3H,1-2H3,(H2,8,9,10,11,12,13,14);5,11-12H,1-4H2;1H,(H6,6,7,8,9,10,11,12,13,14);3H,1-2,6-7H2,(H2,8,9,10,11,12);1,4-5,9-12H;1,9-10H,2-3H2. The number of nitrogens with zero attached hydrogens (tertiary/aromatic N) is 27. The summed E-state index contributed by atoms with van der Waals surface area (Å²) in [7, 11) is 2.93. The lowest BCUT2D eigenvalue weighted by Gasteiger charge is -2.07. The summed E-state index contributed by atoms with van der Waals surface area (Å²) in [6, 6.07) is -3.35. The van der Waals surface area contributed by atoms with E-state index in [4.69, 9.17) is 96.2 Å². The van der Waals surface area contributed by atoms with Gasteiger partial charge in [-0.2, -0.15) is 69.8 Å². The number of carbonyl (C=O) groups excluding carboxylic acids is 6. The van der Waals surface area contributed by atoms with Crippen LogP contribution < -0.4 is 149 Å². The maximum absolute atomic E-state index is 11.1. The largest absolute Gasteiger partial charge is 0.461 e. The van der Waals surface area contributed by atoms with Crippen LogP contribution >= 0.6 is 0 Å². The molecule has 69 nitrogen and oxygen atoms in total. The second-order valence-electron chi connectivity index (χ2n) is 20.3. The van der Waals surface area contributed by atoms with Gasteiger partial charge in [0, 0.05) is 80.3 Å². The second-order valence-corrected chi connectivity index (χ2v) is 20.3. The van der Waals surface area contributed by atoms with Gasteiger partial charge in [0.1, 0.15) is 69.7 Å². The van der Waals surface area contributed by atoms with E-state index in [2.05, 4.69) is 228 Å². The highest BCUT2D eigenvalue weighted by Crippen LogP contribution is 2.11. The number of hydrogen-bond donors (Lipinski definition) is 30. The fourth-order valence-electron chi connectivity index (χ4n) is 6.38. The molecule has 0 aliphatic carbocycles. The zero-order valence-electron chi connectivity index (χ0n) is 66.8. The third kappa shape index (κ3) is 55.5. The molecule has 0 bridgehead atoms. The van der Waals surface area contributed by atoms with E-state index in [-0.39, 0.29) is 111 Å². The number of aliphatic hydroxyl groups is 8. The van der Waals surface area contributed by atoms with Crippen molar-refractivity contribution in [1.29, 1.82) is 0 Å². The lowest BCUT2D eigenvalue weighted by atomic mass is 10.6. The highest BCUT2D eigenvalue weighted by Gasteiger charge is 2.13. The molecule has 0 aliphatic rings. The number of hydrogen-bond acceptors (Lipinski definition) is 59. The first-order valence-electron chi connectivity index (χ1n) is 34.6. The van der Waals surface area contributed by atoms with E-state index in [1.807, 2.05) is 0 Å². The molecule has 0 unspecified atom stereocenters. The lowest BCUT2D eigenvalue weighted by molar-refractivity contribution is -0.188. The Hall–Kier alpha value is -15.8. The van der Waals surface area contributed by atoms with E-state index in [1.165, 1.54) is 59.6 Å². The molecule has 9 aromatic rings. The number of primary amides is 2. The van der Waals surface area contributed by atoms with E-state index in [9.17, 15) is 28.8 Å². The fourth-order valence-corrected chi connectivity index (χ4v) is 6.38. The first-order chi connectivity index (χ1) is 60.1. The molecule has 0 fully saturated rings. The van der Waals surface area contributed by atoms with Crippen LogP contribution in [0.2, 0.25) is 0 Å². The number of amides is 10. The Labute approximate surface area is 704 Å². The number of ether oxygens (including phenoxy) is 6. The SMILES string of the molecule is CC(=O)Nc1ncnc(NC(C)=O)n1.CNC(=O)Nc1nc(C)nc(NC(=O)NC)n1.NC(=O)Nc1ncnc(NC(N)=O)n1.NCCNc1ncnc(NCCN)n1.NCCNc1ncnc(NCCN)n1.NCNc1ncnc(NCN)n1.OC(O)Oc1ncnc(OC(O)O)n1.OCCOc1ncnc(OCCO)n1.OCOc1ncnc(OCO)n1. The molecule has 0 spiro atoms. The van der Waals surface area contributed by atoms with E-state index in [0.717, 1.165) is 19.0 Å². The van der Waals surface area contributed by atoms with E-state index in [1.54, 1.807) is 6.92 Å². The Morgan fingerprint density at radius 3 is 0.832 bits per heavy atom. The van der Waals surface area contributed by atoms with Crippen LogP contribution in [0.1, 0.15) is 19.7 Å². The Morgan fingerprint density at radius 2 is 0.576 bits per heavy atom. The third-order valence-corrected chi connectivity index (χ3v) is 10.8. The summed E-state index contributed by atoms with van der Waals surface area (Å²) < 4.78 is 27.4. The summed E-state index contributed by atoms with van der Waals surface area (Å²) in [5.41, 5.74) is 41.4. The van der Waals surface area contributed by atoms with Crippen LogP contribution in [0.5, 0.6) is 36.1 Å². The van der Waals surface area contributed by atoms with E-state index < -0.39 is 62.7 Å². The van der Waals surface area contributed by atoms with Gasteiger partial charge >= 0.3 is 73.1 Å². The van der Waals surface area contributed by atoms with Gasteiger partial charge < -0.3 is 158 Å². The van der Waals surface area contributed by atoms with Gasteiger partial charge in [-0.3, -0.25) is 41.5 Å². The highest BCUT2D eigenvalue weighted by molar-refractivity contribution is 5.90. The van der Waals surface area contributed by atoms with Gasteiger partial charge in [0.15, 0.2) is 13.6 Å². The van der Waals surface area contributed by atoms with Crippen molar-refractivity contribution in [1.82, 2.24) is 145 Å². The van der Waals surface area contributed by atoms with Crippen molar-refractivity contribution in [2.24, 2.45) is 45.9 Å². The maximum Gasteiger partial charge on any atom is 0.326 e. The number of carbonyl (C=O) groups is 6. The van der Waals surface area contributed by atoms with Crippen molar-refractivity contribution in [3.05, 3.63) is 56.4 Å². The number of anilines is 12. The topological polar surface area (TPSA) is 1040 Å². The molecule has 10 amide bonds. The molecule has 9 rings (SSSR count). The molecule has 0 aromatic carbocycles. The molecule has 9 heterocycles. The zero-order chi connectivity index (χ0) is 92.8. The average molecular weight is 1770 g/mol.